The first-order valence-electron chi connectivity index (χ1n) is 7.66. The van der Waals surface area contributed by atoms with Gasteiger partial charge in [0.15, 0.2) is 0 Å². The van der Waals surface area contributed by atoms with E-state index >= 15 is 0 Å². The van der Waals surface area contributed by atoms with E-state index in [9.17, 15) is 4.79 Å². The average Bonchev–Trinajstić information content (AvgIpc) is 2.57. The van der Waals surface area contributed by atoms with Gasteiger partial charge in [-0.15, -0.1) is 0 Å². The van der Waals surface area contributed by atoms with Crippen molar-refractivity contribution in [2.75, 3.05) is 25.0 Å². The Hall–Kier alpha value is -2.36. The Balaban J connectivity index is 2.15. The topological polar surface area (TPSA) is 36.4 Å². The van der Waals surface area contributed by atoms with Crippen LogP contribution in [0.5, 0.6) is 0 Å². The van der Waals surface area contributed by atoms with Crippen LogP contribution in [0.25, 0.3) is 0 Å². The molecule has 0 unspecified atom stereocenters. The minimum absolute atomic E-state index is 0.0139. The summed E-state index contributed by atoms with van der Waals surface area (Å²) in [7, 11) is 2.02. The van der Waals surface area contributed by atoms with E-state index in [4.69, 9.17) is 0 Å². The number of anilines is 1. The summed E-state index contributed by atoms with van der Waals surface area (Å²) in [4.78, 5) is 20.5. The van der Waals surface area contributed by atoms with Crippen molar-refractivity contribution in [2.45, 2.75) is 20.4 Å². The highest BCUT2D eigenvalue weighted by Crippen LogP contribution is 2.16. The third-order valence-corrected chi connectivity index (χ3v) is 3.72. The molecule has 0 aliphatic rings. The molecule has 0 spiro atoms. The number of benzene rings is 1. The van der Waals surface area contributed by atoms with Crippen molar-refractivity contribution in [2.24, 2.45) is 0 Å². The molecular weight excluding hydrogens is 274 g/mol. The molecule has 0 saturated heterocycles. The van der Waals surface area contributed by atoms with E-state index in [-0.39, 0.29) is 5.91 Å². The number of pyridine rings is 1. The van der Waals surface area contributed by atoms with Crippen LogP contribution in [0.1, 0.15) is 29.9 Å². The van der Waals surface area contributed by atoms with Crippen LogP contribution < -0.4 is 4.90 Å². The molecule has 4 nitrogen and oxygen atoms in total. The molecule has 0 saturated carbocycles. The summed E-state index contributed by atoms with van der Waals surface area (Å²) < 4.78 is 0. The van der Waals surface area contributed by atoms with Gasteiger partial charge in [0.25, 0.3) is 5.91 Å². The highest BCUT2D eigenvalue weighted by Gasteiger charge is 2.15. The minimum Gasteiger partial charge on any atom is -0.370 e. The van der Waals surface area contributed by atoms with E-state index in [1.165, 1.54) is 5.56 Å². The molecule has 0 bridgehead atoms. The normalized spacial score (nSPS) is 10.3. The minimum atomic E-state index is -0.0139. The van der Waals surface area contributed by atoms with Crippen molar-refractivity contribution in [3.8, 4) is 0 Å². The Bertz CT molecular complexity index is 609. The van der Waals surface area contributed by atoms with Crippen molar-refractivity contribution < 1.29 is 4.79 Å². The quantitative estimate of drug-likeness (QED) is 0.821. The Morgan fingerprint density at radius 1 is 1.09 bits per heavy atom. The highest BCUT2D eigenvalue weighted by molar-refractivity contribution is 5.93. The molecule has 0 radical (unpaired) electrons. The smallest absolute Gasteiger partial charge is 0.272 e. The molecule has 0 N–H and O–H groups in total. The Labute approximate surface area is 132 Å². The molecule has 1 aromatic heterocycles. The summed E-state index contributed by atoms with van der Waals surface area (Å²) in [5.41, 5.74) is 2.73. The number of carbonyl (C=O) groups is 1. The van der Waals surface area contributed by atoms with Crippen molar-refractivity contribution in [1.29, 1.82) is 0 Å². The van der Waals surface area contributed by atoms with Gasteiger partial charge in [0.05, 0.1) is 0 Å². The lowest BCUT2D eigenvalue weighted by atomic mass is 10.2. The van der Waals surface area contributed by atoms with Crippen LogP contribution in [0.2, 0.25) is 0 Å². The number of rotatable bonds is 6. The van der Waals surface area contributed by atoms with Crippen molar-refractivity contribution in [3.63, 3.8) is 0 Å². The summed E-state index contributed by atoms with van der Waals surface area (Å²) in [6.07, 6.45) is 1.70. The summed E-state index contributed by atoms with van der Waals surface area (Å²) in [6, 6.07) is 14.1. The third kappa shape index (κ3) is 3.85. The zero-order valence-electron chi connectivity index (χ0n) is 13.5. The van der Waals surface area contributed by atoms with Crippen molar-refractivity contribution in [3.05, 3.63) is 59.9 Å². The second-order valence-electron chi connectivity index (χ2n) is 5.22. The van der Waals surface area contributed by atoms with Gasteiger partial charge < -0.3 is 9.80 Å². The SMILES string of the molecule is CCN(CC)C(=O)c1cc(N(C)Cc2ccccc2)ccn1. The average molecular weight is 297 g/mol. The predicted octanol–water partition coefficient (Wildman–Crippen LogP) is 3.20. The molecule has 0 fully saturated rings. The third-order valence-electron chi connectivity index (χ3n) is 3.72. The van der Waals surface area contributed by atoms with Crippen LogP contribution in [0, 0.1) is 0 Å². The van der Waals surface area contributed by atoms with E-state index in [0.717, 1.165) is 12.2 Å². The monoisotopic (exact) mass is 297 g/mol. The number of aromatic nitrogens is 1. The Kier molecular flexibility index (Phi) is 5.53. The molecule has 2 aromatic rings. The molecule has 22 heavy (non-hydrogen) atoms. The van der Waals surface area contributed by atoms with E-state index in [1.54, 1.807) is 11.1 Å². The van der Waals surface area contributed by atoms with Crippen molar-refractivity contribution in [1.82, 2.24) is 9.88 Å². The van der Waals surface area contributed by atoms with Gasteiger partial charge in [-0.1, -0.05) is 30.3 Å². The largest absolute Gasteiger partial charge is 0.370 e. The zero-order valence-corrected chi connectivity index (χ0v) is 13.5. The molecule has 0 aliphatic carbocycles. The van der Waals surface area contributed by atoms with Gasteiger partial charge >= 0.3 is 0 Å². The number of nitrogens with zero attached hydrogens (tertiary/aromatic N) is 3. The zero-order chi connectivity index (χ0) is 15.9. The second-order valence-corrected chi connectivity index (χ2v) is 5.22. The van der Waals surface area contributed by atoms with Crippen LogP contribution in [-0.4, -0.2) is 35.9 Å². The van der Waals surface area contributed by atoms with Gasteiger partial charge in [-0.2, -0.15) is 0 Å². The standard InChI is InChI=1S/C18H23N3O/c1-4-21(5-2)18(22)17-13-16(11-12-19-17)20(3)14-15-9-7-6-8-10-15/h6-13H,4-5,14H2,1-3H3. The van der Waals surface area contributed by atoms with E-state index in [0.29, 0.717) is 18.8 Å². The van der Waals surface area contributed by atoms with Gasteiger partial charge in [-0.05, 0) is 31.5 Å². The summed E-state index contributed by atoms with van der Waals surface area (Å²) in [6.45, 7) is 6.14. The fraction of sp³-hybridized carbons (Fsp3) is 0.333. The van der Waals surface area contributed by atoms with Crippen LogP contribution in [0.4, 0.5) is 5.69 Å². The maximum atomic E-state index is 12.4. The first kappa shape index (κ1) is 16.0. The van der Waals surface area contributed by atoms with Crippen LogP contribution in [0.3, 0.4) is 0 Å². The van der Waals surface area contributed by atoms with E-state index in [1.807, 2.05) is 51.2 Å². The fourth-order valence-corrected chi connectivity index (χ4v) is 2.40. The van der Waals surface area contributed by atoms with Crippen LogP contribution >= 0.6 is 0 Å². The molecule has 0 atom stereocenters. The van der Waals surface area contributed by atoms with Gasteiger partial charge in [-0.25, -0.2) is 0 Å². The molecular formula is C18H23N3O. The molecule has 1 heterocycles. The van der Waals surface area contributed by atoms with Gasteiger partial charge in [0, 0.05) is 38.6 Å². The van der Waals surface area contributed by atoms with Gasteiger partial charge in [-0.3, -0.25) is 9.78 Å². The summed E-state index contributed by atoms with van der Waals surface area (Å²) in [5, 5.41) is 0. The molecule has 1 aromatic carbocycles. The molecule has 1 amide bonds. The summed E-state index contributed by atoms with van der Waals surface area (Å²) in [5.74, 6) is -0.0139. The lowest BCUT2D eigenvalue weighted by molar-refractivity contribution is 0.0767. The maximum absolute atomic E-state index is 12.4. The van der Waals surface area contributed by atoms with Gasteiger partial charge in [0.1, 0.15) is 5.69 Å². The lowest BCUT2D eigenvalue weighted by Crippen LogP contribution is -2.31. The van der Waals surface area contributed by atoms with Crippen LogP contribution in [-0.2, 0) is 6.54 Å². The lowest BCUT2D eigenvalue weighted by Gasteiger charge is -2.21. The first-order chi connectivity index (χ1) is 10.7. The Morgan fingerprint density at radius 3 is 2.41 bits per heavy atom. The molecule has 2 rings (SSSR count). The fourth-order valence-electron chi connectivity index (χ4n) is 2.40. The van der Waals surface area contributed by atoms with Crippen molar-refractivity contribution >= 4 is 11.6 Å². The first-order valence-corrected chi connectivity index (χ1v) is 7.66. The maximum Gasteiger partial charge on any atom is 0.272 e. The summed E-state index contributed by atoms with van der Waals surface area (Å²) >= 11 is 0. The van der Waals surface area contributed by atoms with E-state index in [2.05, 4.69) is 22.0 Å². The van der Waals surface area contributed by atoms with Gasteiger partial charge in [0.2, 0.25) is 0 Å². The molecule has 116 valence electrons. The highest BCUT2D eigenvalue weighted by atomic mass is 16.2. The number of amides is 1. The molecule has 4 heteroatoms. The number of carbonyl (C=O) groups excluding carboxylic acids is 1. The van der Waals surface area contributed by atoms with Crippen LogP contribution in [0.15, 0.2) is 48.7 Å². The van der Waals surface area contributed by atoms with E-state index < -0.39 is 0 Å². The molecule has 0 aliphatic heterocycles. The Morgan fingerprint density at radius 2 is 1.77 bits per heavy atom. The number of hydrogen-bond donors (Lipinski definition) is 0. The second kappa shape index (κ2) is 7.59. The predicted molar refractivity (Wildman–Crippen MR) is 90.0 cm³/mol. The number of hydrogen-bond acceptors (Lipinski definition) is 3.